The molecule has 0 unspecified atom stereocenters. The van der Waals surface area contributed by atoms with Gasteiger partial charge in [0.05, 0.1) is 24.4 Å². The maximum absolute atomic E-state index is 12.9. The van der Waals surface area contributed by atoms with Crippen LogP contribution < -0.4 is 20.1 Å². The normalized spacial score (nSPS) is 14.7. The molecule has 0 spiro atoms. The van der Waals surface area contributed by atoms with Gasteiger partial charge in [-0.15, -0.1) is 11.3 Å². The molecule has 1 aromatic heterocycles. The second kappa shape index (κ2) is 12.5. The molecule has 0 radical (unpaired) electrons. The molecule has 0 bridgehead atoms. The van der Waals surface area contributed by atoms with Crippen LogP contribution in [-0.4, -0.2) is 47.9 Å². The second-order valence-corrected chi connectivity index (χ2v) is 11.3. The van der Waals surface area contributed by atoms with Crippen LogP contribution in [0.25, 0.3) is 10.6 Å². The zero-order chi connectivity index (χ0) is 28.0. The van der Waals surface area contributed by atoms with Crippen molar-refractivity contribution in [2.45, 2.75) is 32.2 Å². The topological polar surface area (TPSA) is 92.8 Å². The minimum absolute atomic E-state index is 0.249. The summed E-state index contributed by atoms with van der Waals surface area (Å²) in [6.45, 7) is 4.59. The first kappa shape index (κ1) is 27.0. The quantitative estimate of drug-likeness (QED) is 0.229. The molecule has 2 aliphatic heterocycles. The lowest BCUT2D eigenvalue weighted by molar-refractivity contribution is 0.0950. The molecule has 2 amide bonds. The minimum Gasteiger partial charge on any atom is -0.494 e. The molecule has 0 saturated carbocycles. The van der Waals surface area contributed by atoms with Crippen molar-refractivity contribution in [3.63, 3.8) is 0 Å². The van der Waals surface area contributed by atoms with Gasteiger partial charge in [-0.1, -0.05) is 18.6 Å². The number of hydrogen-bond donors (Lipinski definition) is 2. The van der Waals surface area contributed by atoms with Crippen LogP contribution in [0.15, 0.2) is 72.9 Å². The van der Waals surface area contributed by atoms with Crippen LogP contribution in [0.5, 0.6) is 17.2 Å². The molecule has 1 fully saturated rings. The number of carbonyl (C=O) groups is 2. The Morgan fingerprint density at radius 2 is 1.85 bits per heavy atom. The van der Waals surface area contributed by atoms with Gasteiger partial charge >= 0.3 is 0 Å². The fourth-order valence-corrected chi connectivity index (χ4v) is 5.91. The summed E-state index contributed by atoms with van der Waals surface area (Å²) in [5, 5.41) is 6.67. The van der Waals surface area contributed by atoms with Crippen molar-refractivity contribution < 1.29 is 19.1 Å². The summed E-state index contributed by atoms with van der Waals surface area (Å²) >= 11 is 1.54. The number of fused-ring (bicyclic) bond motifs is 2. The highest BCUT2D eigenvalue weighted by Gasteiger charge is 2.21. The minimum atomic E-state index is -0.276. The maximum Gasteiger partial charge on any atom is 0.259 e. The molecule has 6 rings (SSSR count). The number of piperidine rings is 1. The van der Waals surface area contributed by atoms with E-state index < -0.39 is 0 Å². The first-order valence-corrected chi connectivity index (χ1v) is 14.8. The van der Waals surface area contributed by atoms with Crippen LogP contribution in [0.4, 0.5) is 5.69 Å². The highest BCUT2D eigenvalue weighted by molar-refractivity contribution is 7.15. The lowest BCUT2D eigenvalue weighted by Crippen LogP contribution is -2.31. The standard InChI is InChI=1S/C32H32N4O4S/c37-30(23-11-14-29-27(19-23)35-31(38)26-7-2-3-8-28(26)40-29)33-20-25-21-34-32(41-25)22-9-12-24(13-10-22)39-18-6-17-36-15-4-1-5-16-36/h2-3,7-14,19,21H,1,4-6,15-18,20H2,(H,33,37)(H,35,38). The van der Waals surface area contributed by atoms with Crippen LogP contribution in [0, 0.1) is 0 Å². The number of benzene rings is 3. The summed E-state index contributed by atoms with van der Waals surface area (Å²) in [7, 11) is 0. The lowest BCUT2D eigenvalue weighted by atomic mass is 10.1. The lowest BCUT2D eigenvalue weighted by Gasteiger charge is -2.26. The van der Waals surface area contributed by atoms with Crippen LogP contribution in [-0.2, 0) is 6.54 Å². The van der Waals surface area contributed by atoms with Gasteiger partial charge in [0, 0.05) is 28.7 Å². The van der Waals surface area contributed by atoms with E-state index in [0.29, 0.717) is 41.5 Å². The number of para-hydroxylation sites is 1. The summed E-state index contributed by atoms with van der Waals surface area (Å²) in [6.07, 6.45) is 6.81. The van der Waals surface area contributed by atoms with E-state index >= 15 is 0 Å². The number of likely N-dealkylation sites (tertiary alicyclic amines) is 1. The average molecular weight is 569 g/mol. The van der Waals surface area contributed by atoms with E-state index in [2.05, 4.69) is 20.5 Å². The fraction of sp³-hybridized carbons (Fsp3) is 0.281. The second-order valence-electron chi connectivity index (χ2n) is 10.2. The smallest absolute Gasteiger partial charge is 0.259 e. The number of aromatic nitrogens is 1. The van der Waals surface area contributed by atoms with Crippen molar-refractivity contribution in [2.75, 3.05) is 31.6 Å². The van der Waals surface area contributed by atoms with Crippen molar-refractivity contribution in [3.05, 3.63) is 88.9 Å². The molecule has 3 aromatic carbocycles. The van der Waals surface area contributed by atoms with Crippen molar-refractivity contribution in [1.29, 1.82) is 0 Å². The van der Waals surface area contributed by atoms with Crippen LogP contribution in [0.2, 0.25) is 0 Å². The van der Waals surface area contributed by atoms with Gasteiger partial charge in [0.2, 0.25) is 0 Å². The van der Waals surface area contributed by atoms with Gasteiger partial charge in [0.15, 0.2) is 5.75 Å². The Balaban J connectivity index is 1.00. The molecule has 4 aromatic rings. The SMILES string of the molecule is O=C(NCc1cnc(-c2ccc(OCCCN3CCCCC3)cc2)s1)c1ccc2c(c1)NC(=O)c1ccccc1O2. The van der Waals surface area contributed by atoms with Gasteiger partial charge in [-0.05, 0) is 86.9 Å². The molecule has 2 aliphatic rings. The molecule has 2 N–H and O–H groups in total. The third-order valence-corrected chi connectivity index (χ3v) is 8.30. The molecular weight excluding hydrogens is 536 g/mol. The van der Waals surface area contributed by atoms with E-state index in [1.54, 1.807) is 42.6 Å². The number of hydrogen-bond acceptors (Lipinski definition) is 7. The molecule has 1 saturated heterocycles. The van der Waals surface area contributed by atoms with E-state index in [0.717, 1.165) is 34.2 Å². The Labute approximate surface area is 243 Å². The van der Waals surface area contributed by atoms with Crippen molar-refractivity contribution in [1.82, 2.24) is 15.2 Å². The number of thiazole rings is 1. The van der Waals surface area contributed by atoms with E-state index in [1.165, 1.54) is 43.7 Å². The number of amides is 2. The molecular formula is C32H32N4O4S. The van der Waals surface area contributed by atoms with E-state index in [-0.39, 0.29) is 11.8 Å². The third kappa shape index (κ3) is 6.58. The summed E-state index contributed by atoms with van der Waals surface area (Å²) in [6, 6.07) is 20.1. The van der Waals surface area contributed by atoms with Crippen molar-refractivity contribution in [3.8, 4) is 27.8 Å². The Kier molecular flexibility index (Phi) is 8.25. The maximum atomic E-state index is 12.9. The Morgan fingerprint density at radius 1 is 1.02 bits per heavy atom. The van der Waals surface area contributed by atoms with Crippen LogP contribution in [0.1, 0.15) is 51.3 Å². The molecule has 0 aliphatic carbocycles. The summed E-state index contributed by atoms with van der Waals surface area (Å²) in [5.74, 6) is 1.30. The highest BCUT2D eigenvalue weighted by atomic mass is 32.1. The fourth-order valence-electron chi connectivity index (χ4n) is 5.06. The van der Waals surface area contributed by atoms with E-state index in [4.69, 9.17) is 9.47 Å². The Bertz CT molecular complexity index is 1530. The Morgan fingerprint density at radius 3 is 2.71 bits per heavy atom. The van der Waals surface area contributed by atoms with E-state index in [1.807, 2.05) is 30.3 Å². The molecule has 8 nitrogen and oxygen atoms in total. The number of carbonyl (C=O) groups excluding carboxylic acids is 2. The monoisotopic (exact) mass is 568 g/mol. The average Bonchev–Trinajstić information content (AvgIpc) is 3.43. The highest BCUT2D eigenvalue weighted by Crippen LogP contribution is 2.36. The van der Waals surface area contributed by atoms with Gasteiger partial charge in [-0.25, -0.2) is 4.98 Å². The number of ether oxygens (including phenoxy) is 2. The number of anilines is 1. The molecule has 41 heavy (non-hydrogen) atoms. The number of rotatable bonds is 9. The van der Waals surface area contributed by atoms with Crippen molar-refractivity contribution in [2.24, 2.45) is 0 Å². The van der Waals surface area contributed by atoms with Crippen LogP contribution >= 0.6 is 11.3 Å². The largest absolute Gasteiger partial charge is 0.494 e. The summed E-state index contributed by atoms with van der Waals surface area (Å²) < 4.78 is 11.8. The van der Waals surface area contributed by atoms with Gasteiger partial charge in [0.25, 0.3) is 11.8 Å². The molecule has 210 valence electrons. The predicted octanol–water partition coefficient (Wildman–Crippen LogP) is 6.35. The van der Waals surface area contributed by atoms with Gasteiger partial charge in [-0.3, -0.25) is 9.59 Å². The first-order valence-electron chi connectivity index (χ1n) is 14.0. The summed E-state index contributed by atoms with van der Waals surface area (Å²) in [5.41, 5.74) is 2.33. The van der Waals surface area contributed by atoms with E-state index in [9.17, 15) is 9.59 Å². The van der Waals surface area contributed by atoms with Crippen molar-refractivity contribution >= 4 is 28.8 Å². The molecule has 3 heterocycles. The third-order valence-electron chi connectivity index (χ3n) is 7.26. The predicted molar refractivity (Wildman–Crippen MR) is 160 cm³/mol. The molecule has 0 atom stereocenters. The molecule has 9 heteroatoms. The zero-order valence-corrected chi connectivity index (χ0v) is 23.5. The van der Waals surface area contributed by atoms with Crippen LogP contribution in [0.3, 0.4) is 0 Å². The van der Waals surface area contributed by atoms with Gasteiger partial charge in [-0.2, -0.15) is 0 Å². The zero-order valence-electron chi connectivity index (χ0n) is 22.7. The van der Waals surface area contributed by atoms with Gasteiger partial charge in [0.1, 0.15) is 16.5 Å². The first-order chi connectivity index (χ1) is 20.1. The number of nitrogens with one attached hydrogen (secondary N) is 2. The number of nitrogens with zero attached hydrogens (tertiary/aromatic N) is 2. The summed E-state index contributed by atoms with van der Waals surface area (Å²) in [4.78, 5) is 33.5. The van der Waals surface area contributed by atoms with Gasteiger partial charge < -0.3 is 25.0 Å². The Hall–Kier alpha value is -4.21.